The molecule has 1 atom stereocenters. The van der Waals surface area contributed by atoms with Gasteiger partial charge in [-0.05, 0) is 31.0 Å². The van der Waals surface area contributed by atoms with Gasteiger partial charge in [0.15, 0.2) is 5.17 Å². The number of nitrogens with zero attached hydrogens (tertiary/aromatic N) is 2. The molecule has 1 aliphatic heterocycles. The summed E-state index contributed by atoms with van der Waals surface area (Å²) in [5.74, 6) is 0.119. The quantitative estimate of drug-likeness (QED) is 0.650. The minimum absolute atomic E-state index is 0. The fraction of sp³-hybridized carbons (Fsp3) is 0.579. The molecule has 1 saturated carbocycles. The highest BCUT2D eigenvalue weighted by Crippen LogP contribution is 2.28. The number of carbonyl (C=O) groups is 1. The SMILES string of the molecule is CN1C(=NC2CCCCCC2)SCC1CC(=O)Nc1ccc(Cl)cc1F.Cl. The lowest BCUT2D eigenvalue weighted by Gasteiger charge is -2.21. The minimum atomic E-state index is -0.518. The molecule has 0 spiro atoms. The Hall–Kier alpha value is -0.980. The third kappa shape index (κ3) is 6.26. The molecule has 0 radical (unpaired) electrons. The van der Waals surface area contributed by atoms with Crippen molar-refractivity contribution in [1.82, 2.24) is 4.90 Å². The predicted octanol–water partition coefficient (Wildman–Crippen LogP) is 5.36. The van der Waals surface area contributed by atoms with E-state index in [1.807, 2.05) is 7.05 Å². The molecular formula is C19H26Cl2FN3OS. The zero-order valence-corrected chi connectivity index (χ0v) is 17.8. The molecule has 1 saturated heterocycles. The lowest BCUT2D eigenvalue weighted by Crippen LogP contribution is -2.34. The van der Waals surface area contributed by atoms with Gasteiger partial charge in [0.2, 0.25) is 5.91 Å². The van der Waals surface area contributed by atoms with Crippen LogP contribution in [0, 0.1) is 5.82 Å². The molecule has 1 unspecified atom stereocenters. The van der Waals surface area contributed by atoms with E-state index >= 15 is 0 Å². The van der Waals surface area contributed by atoms with Crippen molar-refractivity contribution < 1.29 is 9.18 Å². The number of benzene rings is 1. The summed E-state index contributed by atoms with van der Waals surface area (Å²) in [4.78, 5) is 19.4. The van der Waals surface area contributed by atoms with Crippen LogP contribution >= 0.6 is 35.8 Å². The van der Waals surface area contributed by atoms with E-state index in [1.165, 1.54) is 50.7 Å². The van der Waals surface area contributed by atoms with E-state index < -0.39 is 5.82 Å². The minimum Gasteiger partial charge on any atom is -0.350 e. The molecule has 1 aromatic rings. The summed E-state index contributed by atoms with van der Waals surface area (Å²) in [6.45, 7) is 0. The number of rotatable bonds is 4. The molecule has 1 heterocycles. The zero-order valence-electron chi connectivity index (χ0n) is 15.4. The molecule has 2 fully saturated rings. The topological polar surface area (TPSA) is 44.7 Å². The van der Waals surface area contributed by atoms with E-state index in [4.69, 9.17) is 16.6 Å². The molecule has 0 bridgehead atoms. The van der Waals surface area contributed by atoms with Crippen molar-refractivity contribution >= 4 is 52.5 Å². The van der Waals surface area contributed by atoms with Crippen LogP contribution < -0.4 is 5.32 Å². The van der Waals surface area contributed by atoms with Gasteiger partial charge in [-0.2, -0.15) is 0 Å². The van der Waals surface area contributed by atoms with Gasteiger partial charge in [0.25, 0.3) is 0 Å². The Labute approximate surface area is 175 Å². The summed E-state index contributed by atoms with van der Waals surface area (Å²) in [6.07, 6.45) is 7.79. The monoisotopic (exact) mass is 433 g/mol. The Kier molecular flexibility index (Phi) is 8.70. The van der Waals surface area contributed by atoms with Crippen LogP contribution in [-0.2, 0) is 4.79 Å². The van der Waals surface area contributed by atoms with Crippen LogP contribution in [-0.4, -0.2) is 40.9 Å². The van der Waals surface area contributed by atoms with E-state index in [0.29, 0.717) is 17.5 Å². The van der Waals surface area contributed by atoms with Crippen molar-refractivity contribution in [1.29, 1.82) is 0 Å². The average Bonchev–Trinajstić information content (AvgIpc) is 2.80. The van der Waals surface area contributed by atoms with Crippen molar-refractivity contribution in [2.75, 3.05) is 18.1 Å². The van der Waals surface area contributed by atoms with E-state index in [0.717, 1.165) is 10.9 Å². The van der Waals surface area contributed by atoms with Gasteiger partial charge in [-0.3, -0.25) is 9.79 Å². The summed E-state index contributed by atoms with van der Waals surface area (Å²) >= 11 is 7.46. The second-order valence-corrected chi connectivity index (χ2v) is 8.43. The van der Waals surface area contributed by atoms with Crippen LogP contribution in [0.2, 0.25) is 5.02 Å². The smallest absolute Gasteiger partial charge is 0.226 e. The molecule has 8 heteroatoms. The first kappa shape index (κ1) is 22.3. The normalized spacial score (nSPS) is 22.4. The molecule has 1 aromatic carbocycles. The maximum Gasteiger partial charge on any atom is 0.226 e. The molecule has 1 N–H and O–H groups in total. The van der Waals surface area contributed by atoms with E-state index in [-0.39, 0.29) is 30.0 Å². The third-order valence-corrected chi connectivity index (χ3v) is 6.44. The third-order valence-electron chi connectivity index (χ3n) is 5.00. The Morgan fingerprint density at radius 1 is 1.33 bits per heavy atom. The lowest BCUT2D eigenvalue weighted by molar-refractivity contribution is -0.116. The highest BCUT2D eigenvalue weighted by Gasteiger charge is 2.30. The molecule has 4 nitrogen and oxygen atoms in total. The maximum atomic E-state index is 13.8. The summed E-state index contributed by atoms with van der Waals surface area (Å²) < 4.78 is 13.8. The number of carbonyl (C=O) groups excluding carboxylic acids is 1. The van der Waals surface area contributed by atoms with Crippen molar-refractivity contribution in [3.8, 4) is 0 Å². The number of hydrogen-bond acceptors (Lipinski definition) is 3. The molecule has 2 aliphatic rings. The van der Waals surface area contributed by atoms with E-state index in [9.17, 15) is 9.18 Å². The van der Waals surface area contributed by atoms with Gasteiger partial charge in [-0.1, -0.05) is 49.0 Å². The average molecular weight is 434 g/mol. The maximum absolute atomic E-state index is 13.8. The fourth-order valence-corrected chi connectivity index (χ4v) is 4.83. The molecule has 0 aromatic heterocycles. The largest absolute Gasteiger partial charge is 0.350 e. The van der Waals surface area contributed by atoms with Crippen LogP contribution in [0.25, 0.3) is 0 Å². The standard InChI is InChI=1S/C19H25ClFN3OS.ClH/c1-24-15(11-18(25)23-17-9-8-13(20)10-16(17)21)12-26-19(24)22-14-6-4-2-3-5-7-14;/h8-10,14-15H,2-7,11-12H2,1H3,(H,23,25);1H. The lowest BCUT2D eigenvalue weighted by atomic mass is 10.1. The molecule has 3 rings (SSSR count). The number of nitrogens with one attached hydrogen (secondary N) is 1. The van der Waals surface area contributed by atoms with E-state index in [2.05, 4.69) is 10.2 Å². The highest BCUT2D eigenvalue weighted by atomic mass is 35.5. The number of thioether (sulfide) groups is 1. The Balaban J connectivity index is 0.00000261. The Morgan fingerprint density at radius 2 is 2.04 bits per heavy atom. The van der Waals surface area contributed by atoms with Gasteiger partial charge in [-0.15, -0.1) is 12.4 Å². The highest BCUT2D eigenvalue weighted by molar-refractivity contribution is 8.14. The zero-order chi connectivity index (χ0) is 18.5. The van der Waals surface area contributed by atoms with Crippen molar-refractivity contribution in [3.63, 3.8) is 0 Å². The van der Waals surface area contributed by atoms with E-state index in [1.54, 1.807) is 17.8 Å². The number of aliphatic imine (C=N–C) groups is 1. The second-order valence-electron chi connectivity index (χ2n) is 7.01. The summed E-state index contributed by atoms with van der Waals surface area (Å²) in [7, 11) is 2.00. The molecular weight excluding hydrogens is 408 g/mol. The van der Waals surface area contributed by atoms with Crippen LogP contribution in [0.1, 0.15) is 44.9 Å². The van der Waals surface area contributed by atoms with Gasteiger partial charge in [-0.25, -0.2) is 4.39 Å². The van der Waals surface area contributed by atoms with Gasteiger partial charge in [0, 0.05) is 30.3 Å². The van der Waals surface area contributed by atoms with Gasteiger partial charge in [0.05, 0.1) is 11.7 Å². The van der Waals surface area contributed by atoms with Crippen LogP contribution in [0.5, 0.6) is 0 Å². The van der Waals surface area contributed by atoms with Crippen LogP contribution in [0.3, 0.4) is 0 Å². The van der Waals surface area contributed by atoms with Gasteiger partial charge >= 0.3 is 0 Å². The van der Waals surface area contributed by atoms with Crippen molar-refractivity contribution in [2.45, 2.75) is 57.0 Å². The number of amidine groups is 1. The number of amides is 1. The Bertz CT molecular complexity index is 681. The molecule has 150 valence electrons. The predicted molar refractivity (Wildman–Crippen MR) is 115 cm³/mol. The summed E-state index contributed by atoms with van der Waals surface area (Å²) in [5, 5.41) is 3.99. The first-order chi connectivity index (χ1) is 12.5. The molecule has 1 aliphatic carbocycles. The first-order valence-corrected chi connectivity index (χ1v) is 10.6. The fourth-order valence-electron chi connectivity index (χ4n) is 3.41. The summed E-state index contributed by atoms with van der Waals surface area (Å²) in [5.41, 5.74) is 0.167. The van der Waals surface area contributed by atoms with Crippen LogP contribution in [0.15, 0.2) is 23.2 Å². The first-order valence-electron chi connectivity index (χ1n) is 9.21. The van der Waals surface area contributed by atoms with Crippen molar-refractivity contribution in [2.24, 2.45) is 4.99 Å². The summed E-state index contributed by atoms with van der Waals surface area (Å²) in [6, 6.07) is 4.75. The molecule has 1 amide bonds. The van der Waals surface area contributed by atoms with Gasteiger partial charge in [0.1, 0.15) is 5.82 Å². The number of hydrogen-bond donors (Lipinski definition) is 1. The van der Waals surface area contributed by atoms with Gasteiger partial charge < -0.3 is 10.2 Å². The number of halogens is 3. The number of anilines is 1. The van der Waals surface area contributed by atoms with Crippen molar-refractivity contribution in [3.05, 3.63) is 29.0 Å². The van der Waals surface area contributed by atoms with Crippen LogP contribution in [0.4, 0.5) is 10.1 Å². The molecule has 27 heavy (non-hydrogen) atoms. The second kappa shape index (κ2) is 10.5. The Morgan fingerprint density at radius 3 is 2.70 bits per heavy atom.